The van der Waals surface area contributed by atoms with Gasteiger partial charge in [-0.1, -0.05) is 42.5 Å². The highest BCUT2D eigenvalue weighted by Gasteiger charge is 2.12. The van der Waals surface area contributed by atoms with Crippen molar-refractivity contribution in [1.29, 1.82) is 0 Å². The van der Waals surface area contributed by atoms with Gasteiger partial charge in [0.15, 0.2) is 0 Å². The Labute approximate surface area is 170 Å². The lowest BCUT2D eigenvalue weighted by atomic mass is 10.0. The van der Waals surface area contributed by atoms with Crippen molar-refractivity contribution in [2.24, 2.45) is 0 Å². The van der Waals surface area contributed by atoms with Crippen LogP contribution in [0.15, 0.2) is 78.7 Å². The number of allylic oxidation sites excluding steroid dienone is 3. The second kappa shape index (κ2) is 9.15. The number of nitrogens with zero attached hydrogens (tertiary/aromatic N) is 2. The van der Waals surface area contributed by atoms with Crippen LogP contribution in [0.1, 0.15) is 13.8 Å². The summed E-state index contributed by atoms with van der Waals surface area (Å²) in [5.74, 6) is 1.05. The van der Waals surface area contributed by atoms with Gasteiger partial charge in [0.05, 0.1) is 7.11 Å². The maximum absolute atomic E-state index is 13.3. The van der Waals surface area contributed by atoms with Crippen LogP contribution in [-0.4, -0.2) is 23.6 Å². The fourth-order valence-corrected chi connectivity index (χ4v) is 2.84. The average molecular weight is 389 g/mol. The number of nitrogens with one attached hydrogen (secondary N) is 1. The monoisotopic (exact) mass is 389 g/mol. The van der Waals surface area contributed by atoms with Crippen molar-refractivity contribution in [1.82, 2.24) is 9.97 Å². The Morgan fingerprint density at radius 2 is 1.90 bits per heavy atom. The molecule has 4 nitrogen and oxygen atoms in total. The van der Waals surface area contributed by atoms with Crippen LogP contribution in [0.4, 0.5) is 10.2 Å². The number of methoxy groups -OCH3 is 1. The van der Waals surface area contributed by atoms with E-state index < -0.39 is 0 Å². The third kappa shape index (κ3) is 4.88. The minimum Gasteiger partial charge on any atom is -0.494 e. The molecule has 1 heterocycles. The molecule has 0 saturated carbocycles. The van der Waals surface area contributed by atoms with E-state index in [4.69, 9.17) is 4.74 Å². The second-order valence-corrected chi connectivity index (χ2v) is 6.68. The molecular formula is C24H24FN3O. The van der Waals surface area contributed by atoms with E-state index in [1.165, 1.54) is 24.0 Å². The summed E-state index contributed by atoms with van der Waals surface area (Å²) in [5.41, 5.74) is 4.60. The van der Waals surface area contributed by atoms with Gasteiger partial charge in [-0.15, -0.1) is 0 Å². The summed E-state index contributed by atoms with van der Waals surface area (Å²) < 4.78 is 18.8. The predicted molar refractivity (Wildman–Crippen MR) is 118 cm³/mol. The van der Waals surface area contributed by atoms with Crippen molar-refractivity contribution < 1.29 is 9.13 Å². The zero-order valence-corrected chi connectivity index (χ0v) is 16.9. The van der Waals surface area contributed by atoms with Gasteiger partial charge in [0, 0.05) is 11.9 Å². The first-order valence-electron chi connectivity index (χ1n) is 9.33. The minimum atomic E-state index is -0.271. The van der Waals surface area contributed by atoms with E-state index in [0.717, 1.165) is 22.1 Å². The van der Waals surface area contributed by atoms with Gasteiger partial charge in [-0.2, -0.15) is 0 Å². The predicted octanol–water partition coefficient (Wildman–Crippen LogP) is 5.94. The Hall–Kier alpha value is -3.47. The molecule has 148 valence electrons. The van der Waals surface area contributed by atoms with Gasteiger partial charge < -0.3 is 10.1 Å². The first kappa shape index (κ1) is 20.3. The maximum atomic E-state index is 13.3. The number of halogens is 1. The summed E-state index contributed by atoms with van der Waals surface area (Å²) in [7, 11) is 1.61. The average Bonchev–Trinajstić information content (AvgIpc) is 2.75. The number of hydrogen-bond acceptors (Lipinski definition) is 4. The third-order valence-corrected chi connectivity index (χ3v) is 4.62. The van der Waals surface area contributed by atoms with E-state index in [2.05, 4.69) is 21.9 Å². The molecule has 0 aliphatic rings. The highest BCUT2D eigenvalue weighted by molar-refractivity contribution is 5.96. The SMILES string of the molecule is C=C(/C=C\C(C)=C/C)CNc1ncnc2c(OC)cc(-c3ccc(F)cc3)cc12. The van der Waals surface area contributed by atoms with Gasteiger partial charge in [0.25, 0.3) is 0 Å². The lowest BCUT2D eigenvalue weighted by molar-refractivity contribution is 0.419. The zero-order valence-electron chi connectivity index (χ0n) is 16.9. The van der Waals surface area contributed by atoms with Crippen molar-refractivity contribution in [2.75, 3.05) is 19.0 Å². The standard InChI is InChI=1S/C24H24FN3O/c1-5-16(2)6-7-17(3)14-26-24-21-12-19(18-8-10-20(25)11-9-18)13-22(29-4)23(21)27-15-28-24/h5-13,15H,3,14H2,1-2,4H3,(H,26,27,28)/b7-6-,16-5-. The van der Waals surface area contributed by atoms with Crippen LogP contribution in [0.25, 0.3) is 22.0 Å². The van der Waals surface area contributed by atoms with E-state index in [-0.39, 0.29) is 5.82 Å². The van der Waals surface area contributed by atoms with Crippen molar-refractivity contribution in [3.05, 3.63) is 84.5 Å². The molecule has 3 aromatic rings. The molecule has 29 heavy (non-hydrogen) atoms. The molecule has 0 aliphatic heterocycles. The highest BCUT2D eigenvalue weighted by Crippen LogP contribution is 2.34. The number of rotatable bonds is 7. The van der Waals surface area contributed by atoms with E-state index in [1.807, 2.05) is 44.2 Å². The van der Waals surface area contributed by atoms with Crippen LogP contribution < -0.4 is 10.1 Å². The highest BCUT2D eigenvalue weighted by atomic mass is 19.1. The summed E-state index contributed by atoms with van der Waals surface area (Å²) in [6.45, 7) is 8.67. The molecular weight excluding hydrogens is 365 g/mol. The Bertz CT molecular complexity index is 1090. The molecule has 0 radical (unpaired) electrons. The molecule has 1 N–H and O–H groups in total. The number of aromatic nitrogens is 2. The van der Waals surface area contributed by atoms with Crippen LogP contribution >= 0.6 is 0 Å². The second-order valence-electron chi connectivity index (χ2n) is 6.68. The molecule has 0 saturated heterocycles. The molecule has 0 bridgehead atoms. The number of ether oxygens (including phenoxy) is 1. The van der Waals surface area contributed by atoms with Crippen LogP contribution in [0.3, 0.4) is 0 Å². The zero-order chi connectivity index (χ0) is 20.8. The number of benzene rings is 2. The molecule has 5 heteroatoms. The Morgan fingerprint density at radius 1 is 1.14 bits per heavy atom. The van der Waals surface area contributed by atoms with Gasteiger partial charge in [-0.3, -0.25) is 0 Å². The molecule has 3 rings (SSSR count). The van der Waals surface area contributed by atoms with Gasteiger partial charge in [-0.25, -0.2) is 14.4 Å². The van der Waals surface area contributed by atoms with Crippen molar-refractivity contribution in [3.8, 4) is 16.9 Å². The quantitative estimate of drug-likeness (QED) is 0.508. The lowest BCUT2D eigenvalue weighted by Crippen LogP contribution is -2.06. The molecule has 2 aromatic carbocycles. The largest absolute Gasteiger partial charge is 0.494 e. The topological polar surface area (TPSA) is 47.0 Å². The van der Waals surface area contributed by atoms with Crippen LogP contribution in [0, 0.1) is 5.82 Å². The first-order chi connectivity index (χ1) is 14.0. The molecule has 0 aliphatic carbocycles. The molecule has 0 atom stereocenters. The summed E-state index contributed by atoms with van der Waals surface area (Å²) in [5, 5.41) is 4.16. The number of fused-ring (bicyclic) bond motifs is 1. The molecule has 0 amide bonds. The smallest absolute Gasteiger partial charge is 0.145 e. The fourth-order valence-electron chi connectivity index (χ4n) is 2.84. The van der Waals surface area contributed by atoms with Gasteiger partial charge in [-0.05, 0) is 54.8 Å². The van der Waals surface area contributed by atoms with Crippen molar-refractivity contribution in [3.63, 3.8) is 0 Å². The molecule has 1 aromatic heterocycles. The Morgan fingerprint density at radius 3 is 2.59 bits per heavy atom. The number of anilines is 1. The van der Waals surface area contributed by atoms with Gasteiger partial charge in [0.2, 0.25) is 0 Å². The van der Waals surface area contributed by atoms with Crippen LogP contribution in [0.5, 0.6) is 5.75 Å². The summed E-state index contributed by atoms with van der Waals surface area (Å²) >= 11 is 0. The van der Waals surface area contributed by atoms with Crippen molar-refractivity contribution in [2.45, 2.75) is 13.8 Å². The van der Waals surface area contributed by atoms with Gasteiger partial charge >= 0.3 is 0 Å². The summed E-state index contributed by atoms with van der Waals surface area (Å²) in [4.78, 5) is 8.78. The van der Waals surface area contributed by atoms with E-state index in [0.29, 0.717) is 23.6 Å². The first-order valence-corrected chi connectivity index (χ1v) is 9.33. The number of hydrogen-bond donors (Lipinski definition) is 1. The molecule has 0 unspecified atom stereocenters. The third-order valence-electron chi connectivity index (χ3n) is 4.62. The van der Waals surface area contributed by atoms with Gasteiger partial charge in [0.1, 0.15) is 29.2 Å². The van der Waals surface area contributed by atoms with Crippen molar-refractivity contribution >= 4 is 16.7 Å². The molecule has 0 spiro atoms. The minimum absolute atomic E-state index is 0.271. The Kier molecular flexibility index (Phi) is 6.39. The maximum Gasteiger partial charge on any atom is 0.145 e. The Balaban J connectivity index is 1.95. The summed E-state index contributed by atoms with van der Waals surface area (Å²) in [6.07, 6.45) is 7.56. The van der Waals surface area contributed by atoms with E-state index >= 15 is 0 Å². The summed E-state index contributed by atoms with van der Waals surface area (Å²) in [6, 6.07) is 10.2. The normalized spacial score (nSPS) is 11.8. The molecule has 0 fully saturated rings. The van der Waals surface area contributed by atoms with Crippen LogP contribution in [-0.2, 0) is 0 Å². The lowest BCUT2D eigenvalue weighted by Gasteiger charge is -2.13. The fraction of sp³-hybridized carbons (Fsp3) is 0.167. The van der Waals surface area contributed by atoms with E-state index in [9.17, 15) is 4.39 Å². The van der Waals surface area contributed by atoms with Crippen LogP contribution in [0.2, 0.25) is 0 Å². The van der Waals surface area contributed by atoms with E-state index in [1.54, 1.807) is 19.2 Å².